The van der Waals surface area contributed by atoms with Crippen LogP contribution < -0.4 is 16.2 Å². The predicted octanol–water partition coefficient (Wildman–Crippen LogP) is 0.414. The molecule has 5 heteroatoms. The molecule has 0 saturated heterocycles. The molecule has 96 valence electrons. The van der Waals surface area contributed by atoms with Crippen LogP contribution in [0.3, 0.4) is 0 Å². The second-order valence-corrected chi connectivity index (χ2v) is 4.24. The zero-order chi connectivity index (χ0) is 12.8. The van der Waals surface area contributed by atoms with Gasteiger partial charge in [-0.2, -0.15) is 0 Å². The van der Waals surface area contributed by atoms with Gasteiger partial charge < -0.3 is 15.6 Å². The molecule has 0 aliphatic carbocycles. The summed E-state index contributed by atoms with van der Waals surface area (Å²) in [5.74, 6) is -0.314. The van der Waals surface area contributed by atoms with E-state index < -0.39 is 0 Å². The summed E-state index contributed by atoms with van der Waals surface area (Å²) in [5, 5.41) is 6.00. The molecular weight excluding hydrogens is 230 g/mol. The Morgan fingerprint density at radius 2 is 2.33 bits per heavy atom. The first kappa shape index (κ1) is 12.6. The van der Waals surface area contributed by atoms with Gasteiger partial charge in [0, 0.05) is 19.3 Å². The summed E-state index contributed by atoms with van der Waals surface area (Å²) in [6.07, 6.45) is 5.55. The number of H-pyrrole nitrogens is 1. The maximum absolute atomic E-state index is 11.7. The molecule has 2 rings (SSSR count). The summed E-state index contributed by atoms with van der Waals surface area (Å²) in [6, 6.07) is 3.17. The highest BCUT2D eigenvalue weighted by molar-refractivity contribution is 5.93. The topological polar surface area (TPSA) is 74.0 Å². The van der Waals surface area contributed by atoms with Gasteiger partial charge in [0.05, 0.1) is 0 Å². The number of amides is 1. The van der Waals surface area contributed by atoms with Crippen molar-refractivity contribution in [2.75, 3.05) is 19.6 Å². The van der Waals surface area contributed by atoms with E-state index in [1.165, 1.54) is 17.8 Å². The van der Waals surface area contributed by atoms with Crippen molar-refractivity contribution in [2.45, 2.75) is 12.8 Å². The summed E-state index contributed by atoms with van der Waals surface area (Å²) in [4.78, 5) is 25.6. The van der Waals surface area contributed by atoms with Gasteiger partial charge in [-0.3, -0.25) is 9.59 Å². The second-order valence-electron chi connectivity index (χ2n) is 4.24. The molecule has 0 aromatic carbocycles. The van der Waals surface area contributed by atoms with Crippen LogP contribution >= 0.6 is 0 Å². The largest absolute Gasteiger partial charge is 0.352 e. The van der Waals surface area contributed by atoms with Crippen molar-refractivity contribution in [3.05, 3.63) is 45.9 Å². The number of aromatic amines is 1. The third-order valence-corrected chi connectivity index (χ3v) is 2.95. The molecule has 0 bridgehead atoms. The number of nitrogens with one attached hydrogen (secondary N) is 3. The van der Waals surface area contributed by atoms with Crippen LogP contribution in [-0.2, 0) is 0 Å². The standard InChI is InChI=1S/C13H17N3O2/c17-12-11(2-1-6-15-12)13(18)16-9-5-10-3-7-14-8-4-10/h1-3,6,14H,4-5,7-9H2,(H,15,17)(H,16,18). The molecule has 1 aromatic rings. The summed E-state index contributed by atoms with van der Waals surface area (Å²) >= 11 is 0. The van der Waals surface area contributed by atoms with E-state index in [-0.39, 0.29) is 17.0 Å². The fraction of sp³-hybridized carbons (Fsp3) is 0.385. The number of pyridine rings is 1. The van der Waals surface area contributed by atoms with Gasteiger partial charge in [-0.05, 0) is 31.5 Å². The molecule has 0 unspecified atom stereocenters. The number of aromatic nitrogens is 1. The molecule has 18 heavy (non-hydrogen) atoms. The lowest BCUT2D eigenvalue weighted by molar-refractivity contribution is 0.0952. The van der Waals surface area contributed by atoms with E-state index in [1.54, 1.807) is 6.07 Å². The molecule has 0 fully saturated rings. The van der Waals surface area contributed by atoms with Gasteiger partial charge in [0.2, 0.25) is 0 Å². The van der Waals surface area contributed by atoms with E-state index in [1.807, 2.05) is 0 Å². The molecule has 0 radical (unpaired) electrons. The zero-order valence-corrected chi connectivity index (χ0v) is 10.2. The minimum absolute atomic E-state index is 0.164. The van der Waals surface area contributed by atoms with Crippen LogP contribution in [0.15, 0.2) is 34.8 Å². The Kier molecular flexibility index (Phi) is 4.30. The highest BCUT2D eigenvalue weighted by Crippen LogP contribution is 2.07. The van der Waals surface area contributed by atoms with E-state index >= 15 is 0 Å². The molecule has 1 aliphatic rings. The van der Waals surface area contributed by atoms with Crippen molar-refractivity contribution in [3.8, 4) is 0 Å². The molecule has 1 aliphatic heterocycles. The highest BCUT2D eigenvalue weighted by atomic mass is 16.2. The van der Waals surface area contributed by atoms with Crippen LogP contribution in [0.4, 0.5) is 0 Å². The summed E-state index contributed by atoms with van der Waals surface area (Å²) < 4.78 is 0. The molecule has 0 saturated carbocycles. The van der Waals surface area contributed by atoms with Crippen LogP contribution in [0.5, 0.6) is 0 Å². The van der Waals surface area contributed by atoms with Crippen molar-refractivity contribution in [2.24, 2.45) is 0 Å². The third-order valence-electron chi connectivity index (χ3n) is 2.95. The Labute approximate surface area is 105 Å². The minimum atomic E-state index is -0.351. The Morgan fingerprint density at radius 1 is 1.44 bits per heavy atom. The zero-order valence-electron chi connectivity index (χ0n) is 10.2. The SMILES string of the molecule is O=C(NCCC1=CCNCC1)c1ccc[nH]c1=O. The first-order valence-corrected chi connectivity index (χ1v) is 6.12. The predicted molar refractivity (Wildman–Crippen MR) is 69.6 cm³/mol. The summed E-state index contributed by atoms with van der Waals surface area (Å²) in [5.41, 5.74) is 1.17. The number of hydrogen-bond acceptors (Lipinski definition) is 3. The van der Waals surface area contributed by atoms with Crippen LogP contribution in [0, 0.1) is 0 Å². The van der Waals surface area contributed by atoms with Crippen LogP contribution in [0.2, 0.25) is 0 Å². The van der Waals surface area contributed by atoms with Gasteiger partial charge in [0.1, 0.15) is 5.56 Å². The van der Waals surface area contributed by atoms with E-state index in [9.17, 15) is 9.59 Å². The first-order valence-electron chi connectivity index (χ1n) is 6.12. The summed E-state index contributed by atoms with van der Waals surface area (Å²) in [6.45, 7) is 2.47. The minimum Gasteiger partial charge on any atom is -0.352 e. The van der Waals surface area contributed by atoms with E-state index in [0.717, 1.165) is 25.9 Å². The van der Waals surface area contributed by atoms with Crippen molar-refractivity contribution < 1.29 is 4.79 Å². The second kappa shape index (κ2) is 6.16. The molecule has 0 atom stereocenters. The average molecular weight is 247 g/mol. The lowest BCUT2D eigenvalue weighted by Crippen LogP contribution is -2.30. The molecule has 0 spiro atoms. The van der Waals surface area contributed by atoms with E-state index in [2.05, 4.69) is 21.7 Å². The number of carbonyl (C=O) groups excluding carboxylic acids is 1. The molecular formula is C13H17N3O2. The number of hydrogen-bond donors (Lipinski definition) is 3. The lowest BCUT2D eigenvalue weighted by Gasteiger charge is -2.14. The Hall–Kier alpha value is -1.88. The average Bonchev–Trinajstić information content (AvgIpc) is 2.40. The quantitative estimate of drug-likeness (QED) is 0.675. The molecule has 5 nitrogen and oxygen atoms in total. The number of carbonyl (C=O) groups is 1. The molecule has 1 aromatic heterocycles. The molecule has 1 amide bonds. The molecule has 2 heterocycles. The van der Waals surface area contributed by atoms with Crippen LogP contribution in [0.1, 0.15) is 23.2 Å². The van der Waals surface area contributed by atoms with Gasteiger partial charge in [-0.1, -0.05) is 11.6 Å². The van der Waals surface area contributed by atoms with Crippen LogP contribution in [-0.4, -0.2) is 30.5 Å². The Morgan fingerprint density at radius 3 is 3.06 bits per heavy atom. The maximum Gasteiger partial charge on any atom is 0.260 e. The van der Waals surface area contributed by atoms with Crippen molar-refractivity contribution in [1.82, 2.24) is 15.6 Å². The fourth-order valence-corrected chi connectivity index (χ4v) is 1.93. The van der Waals surface area contributed by atoms with Crippen molar-refractivity contribution >= 4 is 5.91 Å². The lowest BCUT2D eigenvalue weighted by atomic mass is 10.1. The highest BCUT2D eigenvalue weighted by Gasteiger charge is 2.09. The maximum atomic E-state index is 11.7. The van der Waals surface area contributed by atoms with Crippen LogP contribution in [0.25, 0.3) is 0 Å². The van der Waals surface area contributed by atoms with Gasteiger partial charge in [0.15, 0.2) is 0 Å². The number of rotatable bonds is 4. The van der Waals surface area contributed by atoms with Gasteiger partial charge >= 0.3 is 0 Å². The normalized spacial score (nSPS) is 15.0. The van der Waals surface area contributed by atoms with Gasteiger partial charge in [-0.25, -0.2) is 0 Å². The fourth-order valence-electron chi connectivity index (χ4n) is 1.93. The summed E-state index contributed by atoms with van der Waals surface area (Å²) in [7, 11) is 0. The molecule has 3 N–H and O–H groups in total. The Bertz CT molecular complexity index is 505. The van der Waals surface area contributed by atoms with E-state index in [4.69, 9.17) is 0 Å². The third kappa shape index (κ3) is 3.30. The van der Waals surface area contributed by atoms with Crippen molar-refractivity contribution in [3.63, 3.8) is 0 Å². The van der Waals surface area contributed by atoms with Gasteiger partial charge in [-0.15, -0.1) is 0 Å². The van der Waals surface area contributed by atoms with Gasteiger partial charge in [0.25, 0.3) is 11.5 Å². The monoisotopic (exact) mass is 247 g/mol. The van der Waals surface area contributed by atoms with Crippen molar-refractivity contribution in [1.29, 1.82) is 0 Å². The van der Waals surface area contributed by atoms with E-state index in [0.29, 0.717) is 6.54 Å². The Balaban J connectivity index is 1.84. The first-order chi connectivity index (χ1) is 8.77. The smallest absolute Gasteiger partial charge is 0.260 e.